The van der Waals surface area contributed by atoms with Crippen molar-refractivity contribution in [3.63, 3.8) is 0 Å². The average Bonchev–Trinajstić information content (AvgIpc) is 3.35. The van der Waals surface area contributed by atoms with Crippen molar-refractivity contribution in [3.8, 4) is 11.8 Å². The number of hydrogen-bond acceptors (Lipinski definition) is 6. The zero-order valence-corrected chi connectivity index (χ0v) is 17.5. The van der Waals surface area contributed by atoms with Crippen LogP contribution in [0.5, 0.6) is 5.75 Å². The minimum absolute atomic E-state index is 0.0714. The molecule has 1 N–H and O–H groups in total. The van der Waals surface area contributed by atoms with E-state index in [1.807, 2.05) is 13.0 Å². The number of aliphatic hydroxyl groups excluding tert-OH is 1. The zero-order chi connectivity index (χ0) is 22.8. The number of aryl methyl sites for hydroxylation is 1. The van der Waals surface area contributed by atoms with Crippen LogP contribution in [0.25, 0.3) is 5.76 Å². The molecule has 160 valence electrons. The second kappa shape index (κ2) is 8.44. The fourth-order valence-corrected chi connectivity index (χ4v) is 3.70. The molecule has 7 heteroatoms. The summed E-state index contributed by atoms with van der Waals surface area (Å²) in [5.41, 5.74) is 1.14. The topological polar surface area (TPSA) is 104 Å². The molecule has 1 unspecified atom stereocenters. The number of ketones is 1. The van der Waals surface area contributed by atoms with Gasteiger partial charge >= 0.3 is 0 Å². The molecule has 0 saturated carbocycles. The van der Waals surface area contributed by atoms with E-state index in [9.17, 15) is 14.7 Å². The number of furan rings is 1. The first kappa shape index (κ1) is 20.9. The molecule has 7 nitrogen and oxygen atoms in total. The van der Waals surface area contributed by atoms with Gasteiger partial charge in [0.25, 0.3) is 11.7 Å². The van der Waals surface area contributed by atoms with Crippen molar-refractivity contribution in [1.82, 2.24) is 0 Å². The monoisotopic (exact) mass is 428 g/mol. The van der Waals surface area contributed by atoms with Gasteiger partial charge in [-0.05, 0) is 74.5 Å². The van der Waals surface area contributed by atoms with E-state index in [4.69, 9.17) is 14.4 Å². The summed E-state index contributed by atoms with van der Waals surface area (Å²) in [6.45, 7) is 4.12. The van der Waals surface area contributed by atoms with Crippen LogP contribution >= 0.6 is 0 Å². The molecule has 1 fully saturated rings. The second-order valence-electron chi connectivity index (χ2n) is 7.23. The highest BCUT2D eigenvalue weighted by Crippen LogP contribution is 2.42. The molecule has 1 aliphatic rings. The molecule has 1 saturated heterocycles. The number of hydrogen-bond donors (Lipinski definition) is 1. The average molecular weight is 428 g/mol. The van der Waals surface area contributed by atoms with Gasteiger partial charge in [-0.3, -0.25) is 14.5 Å². The van der Waals surface area contributed by atoms with Gasteiger partial charge < -0.3 is 14.3 Å². The van der Waals surface area contributed by atoms with Crippen LogP contribution in [-0.4, -0.2) is 23.4 Å². The van der Waals surface area contributed by atoms with Crippen LogP contribution in [0.4, 0.5) is 5.69 Å². The Balaban J connectivity index is 1.86. The Morgan fingerprint density at radius 3 is 2.34 bits per heavy atom. The number of ether oxygens (including phenoxy) is 1. The molecule has 2 heterocycles. The van der Waals surface area contributed by atoms with Crippen LogP contribution in [-0.2, 0) is 9.59 Å². The Morgan fingerprint density at radius 2 is 1.78 bits per heavy atom. The Labute approximate surface area is 184 Å². The van der Waals surface area contributed by atoms with E-state index in [0.29, 0.717) is 40.7 Å². The molecule has 32 heavy (non-hydrogen) atoms. The van der Waals surface area contributed by atoms with Gasteiger partial charge in [0.2, 0.25) is 0 Å². The van der Waals surface area contributed by atoms with Crippen LogP contribution in [0, 0.1) is 18.3 Å². The predicted octanol–water partition coefficient (Wildman–Crippen LogP) is 4.48. The first-order valence-electron chi connectivity index (χ1n) is 10.0. The molecule has 1 aliphatic heterocycles. The summed E-state index contributed by atoms with van der Waals surface area (Å²) in [5, 5.41) is 20.1. The first-order chi connectivity index (χ1) is 15.4. The van der Waals surface area contributed by atoms with E-state index in [-0.39, 0.29) is 11.3 Å². The Morgan fingerprint density at radius 1 is 1.09 bits per heavy atom. The van der Waals surface area contributed by atoms with Gasteiger partial charge in [-0.15, -0.1) is 0 Å². The lowest BCUT2D eigenvalue weighted by atomic mass is 9.99. The number of carbonyl (C=O) groups excluding carboxylic acids is 2. The molecule has 2 aromatic carbocycles. The molecular weight excluding hydrogens is 408 g/mol. The summed E-state index contributed by atoms with van der Waals surface area (Å²) in [6, 6.07) is 17.4. The van der Waals surface area contributed by atoms with Crippen molar-refractivity contribution < 1.29 is 23.8 Å². The van der Waals surface area contributed by atoms with Gasteiger partial charge in [0.1, 0.15) is 29.1 Å². The van der Waals surface area contributed by atoms with E-state index in [2.05, 4.69) is 0 Å². The molecule has 0 radical (unpaired) electrons. The molecule has 0 spiro atoms. The highest BCUT2D eigenvalue weighted by molar-refractivity contribution is 6.51. The number of nitrogens with zero attached hydrogens (tertiary/aromatic N) is 2. The number of benzene rings is 2. The maximum atomic E-state index is 13.1. The van der Waals surface area contributed by atoms with Crippen molar-refractivity contribution in [2.24, 2.45) is 0 Å². The molecule has 1 atom stereocenters. The van der Waals surface area contributed by atoms with Gasteiger partial charge in [0.15, 0.2) is 0 Å². The summed E-state index contributed by atoms with van der Waals surface area (Å²) in [5.74, 6) is -0.340. The number of Topliss-reactive ketones (excluding diaryl/α,β-unsaturated/α-hetero) is 1. The van der Waals surface area contributed by atoms with Crippen LogP contribution in [0.1, 0.15) is 35.6 Å². The van der Waals surface area contributed by atoms with E-state index in [1.54, 1.807) is 67.6 Å². The van der Waals surface area contributed by atoms with Crippen molar-refractivity contribution >= 4 is 23.1 Å². The van der Waals surface area contributed by atoms with Crippen LogP contribution in [0.3, 0.4) is 0 Å². The van der Waals surface area contributed by atoms with Crippen LogP contribution in [0.15, 0.2) is 70.7 Å². The molecule has 0 bridgehead atoms. The van der Waals surface area contributed by atoms with Gasteiger partial charge in [0, 0.05) is 11.3 Å². The largest absolute Gasteiger partial charge is 0.507 e. The van der Waals surface area contributed by atoms with Crippen molar-refractivity contribution in [3.05, 3.63) is 88.9 Å². The smallest absolute Gasteiger partial charge is 0.300 e. The minimum Gasteiger partial charge on any atom is -0.507 e. The second-order valence-corrected chi connectivity index (χ2v) is 7.23. The van der Waals surface area contributed by atoms with Gasteiger partial charge in [-0.2, -0.15) is 5.26 Å². The zero-order valence-electron chi connectivity index (χ0n) is 17.5. The number of aliphatic hydroxyl groups is 1. The molecule has 4 rings (SSSR count). The van der Waals surface area contributed by atoms with E-state index >= 15 is 0 Å². The summed E-state index contributed by atoms with van der Waals surface area (Å²) >= 11 is 0. The lowest BCUT2D eigenvalue weighted by Gasteiger charge is -2.23. The SMILES string of the molecule is CCOc1ccc(/C(O)=C2/C(=O)C(=O)N(c3ccc(C#N)cc3)C2c2ccc(C)o2)cc1. The van der Waals surface area contributed by atoms with Crippen molar-refractivity contribution in [2.45, 2.75) is 19.9 Å². The summed E-state index contributed by atoms with van der Waals surface area (Å²) < 4.78 is 11.2. The number of rotatable bonds is 5. The van der Waals surface area contributed by atoms with E-state index in [0.717, 1.165) is 0 Å². The third-order valence-corrected chi connectivity index (χ3v) is 5.19. The Kier molecular flexibility index (Phi) is 5.52. The fraction of sp³-hybridized carbons (Fsp3) is 0.160. The Bertz CT molecular complexity index is 1250. The van der Waals surface area contributed by atoms with Gasteiger partial charge in [-0.25, -0.2) is 0 Å². The lowest BCUT2D eigenvalue weighted by molar-refractivity contribution is -0.132. The van der Waals surface area contributed by atoms with Gasteiger partial charge in [0.05, 0.1) is 23.8 Å². The first-order valence-corrected chi connectivity index (χ1v) is 10.0. The quantitative estimate of drug-likeness (QED) is 0.365. The maximum absolute atomic E-state index is 13.1. The standard InChI is InChI=1S/C25H20N2O5/c1-3-31-19-11-7-17(8-12-19)23(28)21-22(20-13-4-15(2)32-20)27(25(30)24(21)29)18-9-5-16(14-26)6-10-18/h4-13,22,28H,3H2,1-2H3/b23-21-. The number of carbonyl (C=O) groups is 2. The molecular formula is C25H20N2O5. The van der Waals surface area contributed by atoms with Crippen molar-refractivity contribution in [2.75, 3.05) is 11.5 Å². The Hall–Kier alpha value is -4.31. The van der Waals surface area contributed by atoms with E-state index < -0.39 is 17.7 Å². The molecule has 0 aliphatic carbocycles. The summed E-state index contributed by atoms with van der Waals surface area (Å²) in [4.78, 5) is 27.4. The number of nitriles is 1. The summed E-state index contributed by atoms with van der Waals surface area (Å²) in [6.07, 6.45) is 0. The van der Waals surface area contributed by atoms with Crippen LogP contribution < -0.4 is 9.64 Å². The van der Waals surface area contributed by atoms with Crippen molar-refractivity contribution in [1.29, 1.82) is 5.26 Å². The third kappa shape index (κ3) is 3.63. The maximum Gasteiger partial charge on any atom is 0.300 e. The summed E-state index contributed by atoms with van der Waals surface area (Å²) in [7, 11) is 0. The number of anilines is 1. The minimum atomic E-state index is -0.955. The predicted molar refractivity (Wildman–Crippen MR) is 117 cm³/mol. The highest BCUT2D eigenvalue weighted by atomic mass is 16.5. The molecule has 3 aromatic rings. The number of amides is 1. The fourth-order valence-electron chi connectivity index (χ4n) is 3.70. The van der Waals surface area contributed by atoms with Gasteiger partial charge in [-0.1, -0.05) is 0 Å². The normalized spacial score (nSPS) is 17.4. The lowest BCUT2D eigenvalue weighted by Crippen LogP contribution is -2.29. The molecule has 1 aromatic heterocycles. The van der Waals surface area contributed by atoms with Crippen LogP contribution in [0.2, 0.25) is 0 Å². The highest BCUT2D eigenvalue weighted by Gasteiger charge is 2.48. The van der Waals surface area contributed by atoms with E-state index in [1.165, 1.54) is 4.90 Å². The third-order valence-electron chi connectivity index (χ3n) is 5.19. The molecule has 1 amide bonds.